The number of benzene rings is 4. The van der Waals surface area contributed by atoms with Crippen LogP contribution in [-0.4, -0.2) is 57.2 Å². The minimum atomic E-state index is -4.99. The first-order chi connectivity index (χ1) is 25.5. The first-order valence-corrected chi connectivity index (χ1v) is 19.9. The van der Waals surface area contributed by atoms with Gasteiger partial charge in [0.15, 0.2) is 9.84 Å². The van der Waals surface area contributed by atoms with Crippen LogP contribution >= 0.6 is 24.1 Å². The predicted molar refractivity (Wildman–Crippen MR) is 188 cm³/mol. The summed E-state index contributed by atoms with van der Waals surface area (Å²) in [5.41, 5.74) is 11.2. The van der Waals surface area contributed by atoms with Gasteiger partial charge in [0.1, 0.15) is 22.0 Å². The zero-order valence-electron chi connectivity index (χ0n) is 26.5. The van der Waals surface area contributed by atoms with E-state index in [4.69, 9.17) is 26.5 Å². The molecule has 8 N–H and O–H groups in total. The van der Waals surface area contributed by atoms with Crippen molar-refractivity contribution in [3.05, 3.63) is 72.8 Å². The Morgan fingerprint density at radius 1 is 0.630 bits per heavy atom. The van der Waals surface area contributed by atoms with Crippen molar-refractivity contribution in [3.63, 3.8) is 0 Å². The molecule has 0 saturated heterocycles. The monoisotopic (exact) mass is 848 g/mol. The van der Waals surface area contributed by atoms with Crippen LogP contribution in [0, 0.1) is 0 Å². The van der Waals surface area contributed by atoms with Gasteiger partial charge in [-0.1, -0.05) is 10.1 Å². The van der Waals surface area contributed by atoms with E-state index in [9.17, 15) is 29.8 Å². The Kier molecular flexibility index (Phi) is 14.6. The number of hydrogen-bond acceptors (Lipinski definition) is 23. The third-order valence-electron chi connectivity index (χ3n) is 6.28. The standard InChI is InChI=1S/C26H24N8O15S5/c27-24-21(33-30-16-3-8-19(9-4-16)52(37,38)12-11-45-54(42,43)44)14-23(53(39,40)41)25(28)26(24)34-32-20-10-5-17(13-22(20)51-49-47-36)31-29-15-1-6-18(7-2-15)50-48-46-35/h1-10,13-14,35-36H,11-12,27-28H2,(H,39,40,41)(H,42,43,44). The van der Waals surface area contributed by atoms with Gasteiger partial charge in [0.25, 0.3) is 10.1 Å². The maximum absolute atomic E-state index is 12.4. The van der Waals surface area contributed by atoms with Crippen molar-refractivity contribution in [1.82, 2.24) is 0 Å². The highest BCUT2D eigenvalue weighted by atomic mass is 32.3. The number of rotatable bonds is 18. The second-order valence-corrected chi connectivity index (χ2v) is 15.9. The van der Waals surface area contributed by atoms with E-state index in [1.54, 1.807) is 24.3 Å². The highest BCUT2D eigenvalue weighted by molar-refractivity contribution is 7.95. The predicted octanol–water partition coefficient (Wildman–Crippen LogP) is 6.79. The topological polar surface area (TPSA) is 356 Å². The smallest absolute Gasteiger partial charge is 0.396 e. The van der Waals surface area contributed by atoms with Crippen LogP contribution in [0.2, 0.25) is 0 Å². The van der Waals surface area contributed by atoms with Gasteiger partial charge in [0.2, 0.25) is 0 Å². The fraction of sp³-hybridized carbons (Fsp3) is 0.0769. The van der Waals surface area contributed by atoms with Crippen LogP contribution in [-0.2, 0) is 53.3 Å². The number of azo groups is 3. The van der Waals surface area contributed by atoms with Crippen molar-refractivity contribution in [3.8, 4) is 0 Å². The maximum Gasteiger partial charge on any atom is 0.397 e. The Morgan fingerprint density at radius 3 is 1.80 bits per heavy atom. The van der Waals surface area contributed by atoms with Crippen LogP contribution in [0.5, 0.6) is 0 Å². The van der Waals surface area contributed by atoms with E-state index in [0.717, 1.165) is 30.2 Å². The van der Waals surface area contributed by atoms with E-state index in [1.807, 2.05) is 0 Å². The van der Waals surface area contributed by atoms with Gasteiger partial charge in [-0.25, -0.2) is 23.1 Å². The average Bonchev–Trinajstić information content (AvgIpc) is 3.11. The Balaban J connectivity index is 1.62. The summed E-state index contributed by atoms with van der Waals surface area (Å²) in [6, 6.07) is 16.1. The van der Waals surface area contributed by atoms with Gasteiger partial charge in [-0.3, -0.25) is 9.11 Å². The van der Waals surface area contributed by atoms with Gasteiger partial charge in [-0.15, -0.1) is 24.0 Å². The first kappa shape index (κ1) is 42.2. The normalized spacial score (nSPS) is 12.7. The van der Waals surface area contributed by atoms with Gasteiger partial charge >= 0.3 is 10.4 Å². The van der Waals surface area contributed by atoms with Gasteiger partial charge in [-0.2, -0.15) is 32.2 Å². The van der Waals surface area contributed by atoms with Crippen LogP contribution in [0.3, 0.4) is 0 Å². The molecule has 0 amide bonds. The zero-order valence-corrected chi connectivity index (χ0v) is 30.6. The molecule has 4 aromatic rings. The van der Waals surface area contributed by atoms with E-state index >= 15 is 0 Å². The van der Waals surface area contributed by atoms with Crippen LogP contribution in [0.1, 0.15) is 0 Å². The number of nitrogens with zero attached hydrogens (tertiary/aromatic N) is 6. The van der Waals surface area contributed by atoms with Crippen LogP contribution < -0.4 is 11.5 Å². The van der Waals surface area contributed by atoms with Gasteiger partial charge in [0.05, 0.1) is 74.7 Å². The largest absolute Gasteiger partial charge is 0.397 e. The minimum absolute atomic E-state index is 0.0299. The summed E-state index contributed by atoms with van der Waals surface area (Å²) in [5.74, 6) is -0.779. The lowest BCUT2D eigenvalue weighted by Crippen LogP contribution is -2.15. The highest BCUT2D eigenvalue weighted by Gasteiger charge is 2.23. The molecule has 0 aliphatic rings. The van der Waals surface area contributed by atoms with Crippen molar-refractivity contribution in [2.75, 3.05) is 23.8 Å². The van der Waals surface area contributed by atoms with E-state index in [2.05, 4.69) is 53.6 Å². The second kappa shape index (κ2) is 18.7. The zero-order chi connectivity index (χ0) is 39.5. The fourth-order valence-electron chi connectivity index (χ4n) is 3.87. The molecule has 4 rings (SSSR count). The summed E-state index contributed by atoms with van der Waals surface area (Å²) in [4.78, 5) is -0.377. The number of sulfone groups is 1. The second-order valence-electron chi connectivity index (χ2n) is 9.81. The molecule has 0 heterocycles. The minimum Gasteiger partial charge on any atom is -0.396 e. The fourth-order valence-corrected chi connectivity index (χ4v) is 6.82. The van der Waals surface area contributed by atoms with Gasteiger partial charge in [-0.05, 0) is 72.8 Å². The maximum atomic E-state index is 12.4. The number of nitrogens with two attached hydrogens (primary N) is 2. The molecule has 0 aromatic heterocycles. The summed E-state index contributed by atoms with van der Waals surface area (Å²) in [6.07, 6.45) is 0. The van der Waals surface area contributed by atoms with Crippen molar-refractivity contribution in [2.45, 2.75) is 19.6 Å². The third-order valence-corrected chi connectivity index (χ3v) is 10.6. The molecule has 0 spiro atoms. The van der Waals surface area contributed by atoms with Crippen molar-refractivity contribution in [2.24, 2.45) is 30.7 Å². The lowest BCUT2D eigenvalue weighted by Gasteiger charge is -2.11. The molecule has 0 radical (unpaired) electrons. The Hall–Kier alpha value is -4.53. The molecule has 23 nitrogen and oxygen atoms in total. The Morgan fingerprint density at radius 2 is 1.19 bits per heavy atom. The lowest BCUT2D eigenvalue weighted by molar-refractivity contribution is -0.432. The Bertz CT molecular complexity index is 2380. The molecule has 0 fully saturated rings. The summed E-state index contributed by atoms with van der Waals surface area (Å²) in [6.45, 7) is -0.839. The summed E-state index contributed by atoms with van der Waals surface area (Å²) in [5, 5.41) is 48.2. The number of hydrogen-bond donors (Lipinski definition) is 6. The van der Waals surface area contributed by atoms with Crippen molar-refractivity contribution < 1.29 is 67.8 Å². The molecule has 0 aliphatic heterocycles. The quantitative estimate of drug-likeness (QED) is 0.0150. The summed E-state index contributed by atoms with van der Waals surface area (Å²) < 4.78 is 102. The molecular formula is C26H24N8O15S5. The van der Waals surface area contributed by atoms with Crippen LogP contribution in [0.15, 0.2) is 123 Å². The van der Waals surface area contributed by atoms with Gasteiger partial charge in [0, 0.05) is 4.90 Å². The molecule has 54 heavy (non-hydrogen) atoms. The van der Waals surface area contributed by atoms with Crippen molar-refractivity contribution >= 4 is 99.9 Å². The molecule has 0 aliphatic carbocycles. The van der Waals surface area contributed by atoms with E-state index in [-0.39, 0.29) is 38.2 Å². The lowest BCUT2D eigenvalue weighted by atomic mass is 10.2. The SMILES string of the molecule is Nc1c(N=Nc2ccc(S(=O)(=O)CCOS(=O)(=O)O)cc2)cc(S(=O)(=O)O)c(N)c1N=Nc1ccc(N=Nc2ccc(SOOO)cc2)cc1SOOO. The average molecular weight is 849 g/mol. The molecule has 28 heteroatoms. The third kappa shape index (κ3) is 12.3. The molecule has 0 saturated carbocycles. The highest BCUT2D eigenvalue weighted by Crippen LogP contribution is 2.44. The molecule has 288 valence electrons. The molecule has 4 aromatic carbocycles. The molecule has 0 atom stereocenters. The van der Waals surface area contributed by atoms with Crippen LogP contribution in [0.25, 0.3) is 0 Å². The van der Waals surface area contributed by atoms with E-state index in [0.29, 0.717) is 22.6 Å². The first-order valence-electron chi connectivity index (χ1n) is 13.9. The van der Waals surface area contributed by atoms with E-state index in [1.165, 1.54) is 30.3 Å². The Labute approximate surface area is 313 Å². The molecule has 0 bridgehead atoms. The number of nitrogen functional groups attached to an aromatic ring is 2. The summed E-state index contributed by atoms with van der Waals surface area (Å²) >= 11 is 1.22. The van der Waals surface area contributed by atoms with E-state index < -0.39 is 59.0 Å². The van der Waals surface area contributed by atoms with Crippen molar-refractivity contribution in [1.29, 1.82) is 0 Å². The van der Waals surface area contributed by atoms with Gasteiger partial charge < -0.3 is 11.5 Å². The molecular weight excluding hydrogens is 825 g/mol. The number of anilines is 2. The van der Waals surface area contributed by atoms with Crippen LogP contribution in [0.4, 0.5) is 45.5 Å². The summed E-state index contributed by atoms with van der Waals surface area (Å²) in [7, 11) is -13.9. The molecule has 0 unspecified atom stereocenters.